The van der Waals surface area contributed by atoms with Gasteiger partial charge in [-0.3, -0.25) is 9.59 Å². The third-order valence-electron chi connectivity index (χ3n) is 3.87. The Bertz CT molecular complexity index is 367. The van der Waals surface area contributed by atoms with Crippen molar-refractivity contribution < 1.29 is 9.59 Å². The van der Waals surface area contributed by atoms with Gasteiger partial charge in [-0.25, -0.2) is 0 Å². The maximum atomic E-state index is 12.0. The summed E-state index contributed by atoms with van der Waals surface area (Å²) in [5.41, 5.74) is 1.21. The van der Waals surface area contributed by atoms with Gasteiger partial charge in [0.25, 0.3) is 0 Å². The van der Waals surface area contributed by atoms with Crippen LogP contribution >= 0.6 is 0 Å². The summed E-state index contributed by atoms with van der Waals surface area (Å²) in [6.45, 7) is 8.07. The first-order valence-corrected chi connectivity index (χ1v) is 7.75. The number of carbonyl (C=O) groups is 2. The van der Waals surface area contributed by atoms with E-state index in [1.54, 1.807) is 21.0 Å². The lowest BCUT2D eigenvalue weighted by Gasteiger charge is -2.23. The Hall–Kier alpha value is -1.36. The highest BCUT2D eigenvalue weighted by molar-refractivity contribution is 5.89. The van der Waals surface area contributed by atoms with Crippen LogP contribution in [0.3, 0.4) is 0 Å². The Morgan fingerprint density at radius 1 is 1.14 bits per heavy atom. The van der Waals surface area contributed by atoms with Gasteiger partial charge in [0.1, 0.15) is 6.04 Å². The van der Waals surface area contributed by atoms with Crippen LogP contribution in [0.1, 0.15) is 47.0 Å². The van der Waals surface area contributed by atoms with Gasteiger partial charge in [0.05, 0.1) is 6.04 Å². The van der Waals surface area contributed by atoms with E-state index in [4.69, 9.17) is 0 Å². The number of rotatable bonds is 9. The molecular formula is C16H31N3O2. The summed E-state index contributed by atoms with van der Waals surface area (Å²) in [6, 6.07) is -0.844. The van der Waals surface area contributed by atoms with E-state index in [0.717, 1.165) is 12.8 Å². The van der Waals surface area contributed by atoms with Gasteiger partial charge in [0, 0.05) is 7.05 Å². The SMILES string of the molecule is C/C=C(/CC(NC(=O)C(C)NC)C(=O)NC)C(C)CCC. The fourth-order valence-corrected chi connectivity index (χ4v) is 2.27. The minimum atomic E-state index is -0.524. The van der Waals surface area contributed by atoms with Crippen molar-refractivity contribution in [3.8, 4) is 0 Å². The molecule has 0 aromatic heterocycles. The molecule has 0 heterocycles. The molecule has 0 aromatic carbocycles. The number of likely N-dealkylation sites (N-methyl/N-ethyl adjacent to an activating group) is 2. The number of allylic oxidation sites excluding steroid dienone is 1. The second-order valence-electron chi connectivity index (χ2n) is 5.44. The van der Waals surface area contributed by atoms with E-state index >= 15 is 0 Å². The lowest BCUT2D eigenvalue weighted by molar-refractivity contribution is -0.129. The van der Waals surface area contributed by atoms with E-state index < -0.39 is 6.04 Å². The summed E-state index contributed by atoms with van der Waals surface area (Å²) in [5, 5.41) is 8.33. The molecule has 5 nitrogen and oxygen atoms in total. The van der Waals surface area contributed by atoms with Gasteiger partial charge in [-0.2, -0.15) is 0 Å². The maximum absolute atomic E-state index is 12.0. The molecular weight excluding hydrogens is 266 g/mol. The number of hydrogen-bond donors (Lipinski definition) is 3. The second-order valence-corrected chi connectivity index (χ2v) is 5.44. The zero-order valence-electron chi connectivity index (χ0n) is 14.2. The summed E-state index contributed by atoms with van der Waals surface area (Å²) in [6.07, 6.45) is 4.80. The summed E-state index contributed by atoms with van der Waals surface area (Å²) in [7, 11) is 3.31. The molecule has 21 heavy (non-hydrogen) atoms. The Kier molecular flexibility index (Phi) is 9.71. The topological polar surface area (TPSA) is 70.2 Å². The molecule has 0 aliphatic carbocycles. The maximum Gasteiger partial charge on any atom is 0.242 e. The van der Waals surface area contributed by atoms with E-state index in [2.05, 4.69) is 35.9 Å². The molecule has 0 bridgehead atoms. The molecule has 0 saturated carbocycles. The normalized spacial score (nSPS) is 16.0. The van der Waals surface area contributed by atoms with Gasteiger partial charge in [0.2, 0.25) is 11.8 Å². The van der Waals surface area contributed by atoms with E-state index in [9.17, 15) is 9.59 Å². The zero-order valence-corrected chi connectivity index (χ0v) is 14.2. The summed E-state index contributed by atoms with van der Waals surface area (Å²) < 4.78 is 0. The van der Waals surface area contributed by atoms with Crippen LogP contribution in [-0.4, -0.2) is 38.0 Å². The highest BCUT2D eigenvalue weighted by Gasteiger charge is 2.24. The fourth-order valence-electron chi connectivity index (χ4n) is 2.27. The van der Waals surface area contributed by atoms with Crippen LogP contribution in [0.5, 0.6) is 0 Å². The quantitative estimate of drug-likeness (QED) is 0.566. The predicted molar refractivity (Wildman–Crippen MR) is 87.0 cm³/mol. The number of amides is 2. The van der Waals surface area contributed by atoms with Gasteiger partial charge in [-0.1, -0.05) is 31.9 Å². The van der Waals surface area contributed by atoms with Crippen LogP contribution in [-0.2, 0) is 9.59 Å². The third-order valence-corrected chi connectivity index (χ3v) is 3.87. The molecule has 0 spiro atoms. The highest BCUT2D eigenvalue weighted by atomic mass is 16.2. The Morgan fingerprint density at radius 2 is 1.76 bits per heavy atom. The molecule has 5 heteroatoms. The van der Waals surface area contributed by atoms with E-state index in [-0.39, 0.29) is 17.9 Å². The zero-order chi connectivity index (χ0) is 16.4. The largest absolute Gasteiger partial charge is 0.357 e. The minimum absolute atomic E-state index is 0.158. The summed E-state index contributed by atoms with van der Waals surface area (Å²) in [5.74, 6) is 0.102. The van der Waals surface area contributed by atoms with Crippen LogP contribution in [0, 0.1) is 5.92 Å². The van der Waals surface area contributed by atoms with E-state index in [0.29, 0.717) is 12.3 Å². The van der Waals surface area contributed by atoms with Gasteiger partial charge >= 0.3 is 0 Å². The van der Waals surface area contributed by atoms with E-state index in [1.807, 2.05) is 6.92 Å². The predicted octanol–water partition coefficient (Wildman–Crippen LogP) is 1.60. The van der Waals surface area contributed by atoms with Crippen molar-refractivity contribution in [2.24, 2.45) is 5.92 Å². The summed E-state index contributed by atoms with van der Waals surface area (Å²) in [4.78, 5) is 24.0. The standard InChI is InChI=1S/C16H31N3O2/c1-7-9-11(3)13(8-2)10-14(16(21)18-6)19-15(20)12(4)17-5/h8,11-12,14,17H,7,9-10H2,1-6H3,(H,18,21)(H,19,20)/b13-8-. The minimum Gasteiger partial charge on any atom is -0.357 e. The Balaban J connectivity index is 4.92. The van der Waals surface area contributed by atoms with Crippen molar-refractivity contribution in [3.63, 3.8) is 0 Å². The molecule has 0 saturated heterocycles. The van der Waals surface area contributed by atoms with Crippen molar-refractivity contribution in [3.05, 3.63) is 11.6 Å². The third kappa shape index (κ3) is 6.76. The molecule has 0 aliphatic heterocycles. The first kappa shape index (κ1) is 19.6. The molecule has 0 aromatic rings. The van der Waals surface area contributed by atoms with Gasteiger partial charge in [0.15, 0.2) is 0 Å². The molecule has 0 radical (unpaired) electrons. The molecule has 3 atom stereocenters. The highest BCUT2D eigenvalue weighted by Crippen LogP contribution is 2.21. The number of carbonyl (C=O) groups excluding carboxylic acids is 2. The van der Waals surface area contributed by atoms with Gasteiger partial charge < -0.3 is 16.0 Å². The first-order chi connectivity index (χ1) is 9.90. The van der Waals surface area contributed by atoms with Crippen molar-refractivity contribution in [1.29, 1.82) is 0 Å². The Morgan fingerprint density at radius 3 is 2.19 bits per heavy atom. The second kappa shape index (κ2) is 10.4. The molecule has 0 fully saturated rings. The van der Waals surface area contributed by atoms with Crippen LogP contribution in [0.4, 0.5) is 0 Å². The molecule has 3 unspecified atom stereocenters. The van der Waals surface area contributed by atoms with Gasteiger partial charge in [-0.05, 0) is 39.7 Å². The smallest absolute Gasteiger partial charge is 0.242 e. The molecule has 122 valence electrons. The lowest BCUT2D eigenvalue weighted by atomic mass is 9.90. The number of hydrogen-bond acceptors (Lipinski definition) is 3. The van der Waals surface area contributed by atoms with Crippen LogP contribution < -0.4 is 16.0 Å². The monoisotopic (exact) mass is 297 g/mol. The average Bonchev–Trinajstić information content (AvgIpc) is 2.49. The van der Waals surface area contributed by atoms with Crippen molar-refractivity contribution in [1.82, 2.24) is 16.0 Å². The molecule has 3 N–H and O–H groups in total. The molecule has 0 rings (SSSR count). The summed E-state index contributed by atoms with van der Waals surface area (Å²) >= 11 is 0. The van der Waals surface area contributed by atoms with Crippen molar-refractivity contribution in [2.45, 2.75) is 59.0 Å². The first-order valence-electron chi connectivity index (χ1n) is 7.75. The van der Waals surface area contributed by atoms with Crippen LogP contribution in [0.15, 0.2) is 11.6 Å². The lowest BCUT2D eigenvalue weighted by Crippen LogP contribution is -2.51. The van der Waals surface area contributed by atoms with Crippen molar-refractivity contribution >= 4 is 11.8 Å². The van der Waals surface area contributed by atoms with Crippen LogP contribution in [0.2, 0.25) is 0 Å². The number of nitrogens with one attached hydrogen (secondary N) is 3. The molecule has 0 aliphatic rings. The Labute approximate surface area is 128 Å². The van der Waals surface area contributed by atoms with E-state index in [1.165, 1.54) is 5.57 Å². The molecule has 2 amide bonds. The average molecular weight is 297 g/mol. The van der Waals surface area contributed by atoms with Crippen LogP contribution in [0.25, 0.3) is 0 Å². The van der Waals surface area contributed by atoms with Gasteiger partial charge in [-0.15, -0.1) is 0 Å². The van der Waals surface area contributed by atoms with Crippen molar-refractivity contribution in [2.75, 3.05) is 14.1 Å². The fraction of sp³-hybridized carbons (Fsp3) is 0.750.